The quantitative estimate of drug-likeness (QED) is 0.760. The summed E-state index contributed by atoms with van der Waals surface area (Å²) >= 11 is 0. The fourth-order valence-electron chi connectivity index (χ4n) is 3.14. The van der Waals surface area contributed by atoms with Gasteiger partial charge in [-0.2, -0.15) is 0 Å². The summed E-state index contributed by atoms with van der Waals surface area (Å²) in [6, 6.07) is 17.1. The highest BCUT2D eigenvalue weighted by atomic mass is 16.2. The minimum Gasteiger partial charge on any atom is -0.354 e. The molecule has 2 aromatic rings. The molecule has 132 valence electrons. The maximum absolute atomic E-state index is 12.4. The molecule has 4 heteroatoms. The van der Waals surface area contributed by atoms with Gasteiger partial charge in [0.1, 0.15) is 6.04 Å². The first kappa shape index (κ1) is 17.6. The van der Waals surface area contributed by atoms with E-state index in [1.165, 1.54) is 22.3 Å². The van der Waals surface area contributed by atoms with Crippen LogP contribution in [0.4, 0.5) is 0 Å². The van der Waals surface area contributed by atoms with Crippen molar-refractivity contribution in [3.8, 4) is 0 Å². The number of hydrogen-bond acceptors (Lipinski definition) is 3. The first-order valence-electron chi connectivity index (χ1n) is 9.09. The van der Waals surface area contributed by atoms with E-state index >= 15 is 0 Å². The Kier molecular flexibility index (Phi) is 5.84. The normalized spacial score (nSPS) is 19.8. The van der Waals surface area contributed by atoms with E-state index in [-0.39, 0.29) is 18.0 Å². The lowest BCUT2D eigenvalue weighted by molar-refractivity contribution is -0.122. The number of carbonyl (C=O) groups is 1. The molecule has 1 saturated heterocycles. The maximum Gasteiger partial charge on any atom is 0.238 e. The lowest BCUT2D eigenvalue weighted by Gasteiger charge is -2.11. The molecule has 0 aliphatic carbocycles. The molecule has 2 atom stereocenters. The Labute approximate surface area is 150 Å². The van der Waals surface area contributed by atoms with Gasteiger partial charge in [0.05, 0.1) is 0 Å². The van der Waals surface area contributed by atoms with E-state index in [0.717, 1.165) is 19.3 Å². The Bertz CT molecular complexity index is 694. The molecule has 1 fully saturated rings. The minimum atomic E-state index is -0.186. The van der Waals surface area contributed by atoms with E-state index in [1.54, 1.807) is 0 Å². The van der Waals surface area contributed by atoms with Gasteiger partial charge in [-0.3, -0.25) is 4.79 Å². The lowest BCUT2D eigenvalue weighted by Crippen LogP contribution is -2.43. The van der Waals surface area contributed by atoms with Crippen LogP contribution in [0.25, 0.3) is 0 Å². The molecule has 0 aromatic heterocycles. The van der Waals surface area contributed by atoms with Gasteiger partial charge >= 0.3 is 0 Å². The van der Waals surface area contributed by atoms with Crippen molar-refractivity contribution in [2.45, 2.75) is 45.2 Å². The topological polar surface area (TPSA) is 53.2 Å². The molecule has 3 rings (SSSR count). The highest BCUT2D eigenvalue weighted by Crippen LogP contribution is 2.22. The van der Waals surface area contributed by atoms with Crippen molar-refractivity contribution in [1.82, 2.24) is 16.2 Å². The van der Waals surface area contributed by atoms with Gasteiger partial charge in [-0.1, -0.05) is 61.0 Å². The van der Waals surface area contributed by atoms with Crippen LogP contribution in [-0.2, 0) is 17.6 Å². The number of rotatable bonds is 6. The summed E-state index contributed by atoms with van der Waals surface area (Å²) in [6.07, 6.45) is 2.67. The van der Waals surface area contributed by atoms with E-state index in [4.69, 9.17) is 0 Å². The molecule has 4 nitrogen and oxygen atoms in total. The summed E-state index contributed by atoms with van der Waals surface area (Å²) in [5, 5.41) is 3.04. The monoisotopic (exact) mass is 337 g/mol. The summed E-state index contributed by atoms with van der Waals surface area (Å²) in [6.45, 7) is 4.90. The summed E-state index contributed by atoms with van der Waals surface area (Å²) in [7, 11) is 0. The predicted molar refractivity (Wildman–Crippen MR) is 101 cm³/mol. The van der Waals surface area contributed by atoms with Crippen LogP contribution in [0, 0.1) is 6.92 Å². The number of nitrogens with one attached hydrogen (secondary N) is 3. The molecule has 0 bridgehead atoms. The van der Waals surface area contributed by atoms with Gasteiger partial charge in [0.15, 0.2) is 0 Å². The van der Waals surface area contributed by atoms with Gasteiger partial charge in [0.2, 0.25) is 5.91 Å². The maximum atomic E-state index is 12.4. The van der Waals surface area contributed by atoms with Crippen LogP contribution in [0.1, 0.15) is 41.6 Å². The zero-order chi connectivity index (χ0) is 17.6. The highest BCUT2D eigenvalue weighted by molar-refractivity contribution is 5.82. The zero-order valence-corrected chi connectivity index (χ0v) is 15.0. The van der Waals surface area contributed by atoms with Gasteiger partial charge in [0, 0.05) is 12.6 Å². The Morgan fingerprint density at radius 1 is 1.04 bits per heavy atom. The van der Waals surface area contributed by atoms with E-state index in [1.807, 2.05) is 0 Å². The van der Waals surface area contributed by atoms with Crippen molar-refractivity contribution in [3.63, 3.8) is 0 Å². The number of carbonyl (C=O) groups excluding carboxylic acids is 1. The number of benzene rings is 2. The number of hydrogen-bond donors (Lipinski definition) is 3. The van der Waals surface area contributed by atoms with Crippen molar-refractivity contribution in [3.05, 3.63) is 70.8 Å². The Morgan fingerprint density at radius 2 is 1.72 bits per heavy atom. The van der Waals surface area contributed by atoms with Crippen LogP contribution >= 0.6 is 0 Å². The smallest absolute Gasteiger partial charge is 0.238 e. The number of aryl methyl sites for hydroxylation is 2. The predicted octanol–water partition coefficient (Wildman–Crippen LogP) is 2.82. The molecule has 1 heterocycles. The lowest BCUT2D eigenvalue weighted by atomic mass is 10.00. The molecule has 2 unspecified atom stereocenters. The molecule has 1 amide bonds. The van der Waals surface area contributed by atoms with Gasteiger partial charge in [-0.25, -0.2) is 10.9 Å². The molecule has 0 saturated carbocycles. The van der Waals surface area contributed by atoms with E-state index in [2.05, 4.69) is 78.5 Å². The molecule has 3 N–H and O–H groups in total. The summed E-state index contributed by atoms with van der Waals surface area (Å²) < 4.78 is 0. The Morgan fingerprint density at radius 3 is 2.40 bits per heavy atom. The summed E-state index contributed by atoms with van der Waals surface area (Å²) in [4.78, 5) is 12.4. The van der Waals surface area contributed by atoms with Crippen LogP contribution in [0.15, 0.2) is 48.5 Å². The highest BCUT2D eigenvalue weighted by Gasteiger charge is 2.29. The van der Waals surface area contributed by atoms with Crippen molar-refractivity contribution < 1.29 is 4.79 Å². The fourth-order valence-corrected chi connectivity index (χ4v) is 3.14. The van der Waals surface area contributed by atoms with Crippen molar-refractivity contribution in [2.75, 3.05) is 6.54 Å². The second kappa shape index (κ2) is 8.28. The fraction of sp³-hybridized carbons (Fsp3) is 0.381. The molecule has 2 aromatic carbocycles. The largest absolute Gasteiger partial charge is 0.354 e. The van der Waals surface area contributed by atoms with Crippen molar-refractivity contribution in [2.24, 2.45) is 0 Å². The third-order valence-electron chi connectivity index (χ3n) is 4.84. The van der Waals surface area contributed by atoms with Crippen molar-refractivity contribution in [1.29, 1.82) is 0 Å². The second-order valence-electron chi connectivity index (χ2n) is 6.75. The third-order valence-corrected chi connectivity index (χ3v) is 4.84. The van der Waals surface area contributed by atoms with Crippen LogP contribution in [-0.4, -0.2) is 18.5 Å². The first-order valence-corrected chi connectivity index (χ1v) is 9.09. The molecular formula is C21H27N3O. The molecular weight excluding hydrogens is 310 g/mol. The molecule has 1 aliphatic rings. The first-order chi connectivity index (χ1) is 12.2. The number of hydrazine groups is 1. The minimum absolute atomic E-state index is 0.0623. The van der Waals surface area contributed by atoms with Crippen LogP contribution in [0.2, 0.25) is 0 Å². The van der Waals surface area contributed by atoms with Crippen LogP contribution in [0.5, 0.6) is 0 Å². The summed E-state index contributed by atoms with van der Waals surface area (Å²) in [5.74, 6) is 0.0623. The average molecular weight is 337 g/mol. The molecule has 25 heavy (non-hydrogen) atoms. The van der Waals surface area contributed by atoms with E-state index in [9.17, 15) is 4.79 Å². The molecule has 1 aliphatic heterocycles. The third kappa shape index (κ3) is 4.68. The van der Waals surface area contributed by atoms with Gasteiger partial charge in [-0.05, 0) is 42.9 Å². The van der Waals surface area contributed by atoms with Crippen LogP contribution in [0.3, 0.4) is 0 Å². The van der Waals surface area contributed by atoms with Crippen molar-refractivity contribution >= 4 is 5.91 Å². The second-order valence-corrected chi connectivity index (χ2v) is 6.75. The zero-order valence-electron chi connectivity index (χ0n) is 15.0. The van der Waals surface area contributed by atoms with E-state index in [0.29, 0.717) is 6.54 Å². The average Bonchev–Trinajstić information content (AvgIpc) is 3.13. The molecule has 0 spiro atoms. The SMILES string of the molecule is CCc1ccc(C2CC(C(=O)NCCc3ccc(C)cc3)NN2)cc1. The van der Waals surface area contributed by atoms with Gasteiger partial charge in [0.25, 0.3) is 0 Å². The summed E-state index contributed by atoms with van der Waals surface area (Å²) in [5.41, 5.74) is 11.4. The standard InChI is InChI=1S/C21H27N3O/c1-3-16-8-10-18(11-9-16)19-14-20(24-23-19)21(25)22-13-12-17-6-4-15(2)5-7-17/h4-11,19-20,23-24H,3,12-14H2,1-2H3,(H,22,25). The number of amides is 1. The van der Waals surface area contributed by atoms with E-state index < -0.39 is 0 Å². The molecule has 0 radical (unpaired) electrons. The van der Waals surface area contributed by atoms with Gasteiger partial charge in [-0.15, -0.1) is 0 Å². The Balaban J connectivity index is 1.46. The Hall–Kier alpha value is -2.17. The van der Waals surface area contributed by atoms with Gasteiger partial charge < -0.3 is 5.32 Å². The van der Waals surface area contributed by atoms with Crippen LogP contribution < -0.4 is 16.2 Å².